The predicted molar refractivity (Wildman–Crippen MR) is 80.9 cm³/mol. The lowest BCUT2D eigenvalue weighted by Gasteiger charge is -2.12. The summed E-state index contributed by atoms with van der Waals surface area (Å²) in [5.74, 6) is -0.171. The Balaban J connectivity index is 2.46. The van der Waals surface area contributed by atoms with Crippen LogP contribution in [-0.2, 0) is 4.79 Å². The number of aryl methyl sites for hydroxylation is 1. The number of nitrogens with zero attached hydrogens (tertiary/aromatic N) is 2. The molecule has 7 heteroatoms. The summed E-state index contributed by atoms with van der Waals surface area (Å²) in [7, 11) is 1.61. The molecule has 1 aromatic heterocycles. The maximum Gasteiger partial charge on any atom is 0.313 e. The fourth-order valence-electron chi connectivity index (χ4n) is 1.73. The van der Waals surface area contributed by atoms with E-state index in [1.807, 2.05) is 29.7 Å². The lowest BCUT2D eigenvalue weighted by Crippen LogP contribution is -2.03. The highest BCUT2D eigenvalue weighted by Crippen LogP contribution is 2.30. The van der Waals surface area contributed by atoms with Crippen LogP contribution in [0.5, 0.6) is 5.75 Å². The van der Waals surface area contributed by atoms with Gasteiger partial charge in [-0.05, 0) is 35.0 Å². The number of rotatable bonds is 5. The minimum atomic E-state index is -0.869. The van der Waals surface area contributed by atoms with Gasteiger partial charge in [-0.2, -0.15) is 0 Å². The zero-order valence-electron chi connectivity index (χ0n) is 11.0. The first-order chi connectivity index (χ1) is 9.52. The summed E-state index contributed by atoms with van der Waals surface area (Å²) in [6.45, 7) is 1.92. The summed E-state index contributed by atoms with van der Waals surface area (Å²) in [4.78, 5) is 15.0. The van der Waals surface area contributed by atoms with Crippen molar-refractivity contribution >= 4 is 33.7 Å². The van der Waals surface area contributed by atoms with Gasteiger partial charge in [0.1, 0.15) is 5.75 Å². The molecule has 0 bridgehead atoms. The molecule has 5 nitrogen and oxygen atoms in total. The predicted octanol–water partition coefficient (Wildman–Crippen LogP) is 3.13. The first-order valence-corrected chi connectivity index (χ1v) is 7.53. The van der Waals surface area contributed by atoms with E-state index in [1.54, 1.807) is 13.3 Å². The first-order valence-electron chi connectivity index (χ1n) is 5.75. The Morgan fingerprint density at radius 3 is 2.95 bits per heavy atom. The number of carbonyl (C=O) groups is 1. The van der Waals surface area contributed by atoms with Crippen LogP contribution in [0, 0.1) is 6.92 Å². The average molecular weight is 357 g/mol. The lowest BCUT2D eigenvalue weighted by atomic mass is 10.3. The third-order valence-corrected chi connectivity index (χ3v) is 4.23. The fraction of sp³-hybridized carbons (Fsp3) is 0.231. The Morgan fingerprint density at radius 1 is 1.55 bits per heavy atom. The highest BCUT2D eigenvalue weighted by Gasteiger charge is 2.14. The molecule has 2 aromatic rings. The highest BCUT2D eigenvalue weighted by molar-refractivity contribution is 9.10. The van der Waals surface area contributed by atoms with Gasteiger partial charge in [0.05, 0.1) is 18.6 Å². The standard InChI is InChI=1S/C13H13BrN2O3S/c1-8-6-15-13(20-7-12(17)18)16(8)11-5-9(19-2)3-4-10(11)14/h3-6H,7H2,1-2H3,(H,17,18). The number of halogens is 1. The first kappa shape index (κ1) is 14.9. The quantitative estimate of drug-likeness (QED) is 0.833. The molecule has 0 aliphatic heterocycles. The lowest BCUT2D eigenvalue weighted by molar-refractivity contribution is -0.133. The SMILES string of the molecule is COc1ccc(Br)c(-n2c(C)cnc2SCC(=O)O)c1. The summed E-state index contributed by atoms with van der Waals surface area (Å²) in [5.41, 5.74) is 1.79. The number of thioether (sulfide) groups is 1. The van der Waals surface area contributed by atoms with Gasteiger partial charge in [-0.15, -0.1) is 0 Å². The molecule has 2 rings (SSSR count). The summed E-state index contributed by atoms with van der Waals surface area (Å²) >= 11 is 4.68. The van der Waals surface area contributed by atoms with Gasteiger partial charge in [-0.3, -0.25) is 9.36 Å². The van der Waals surface area contributed by atoms with Crippen molar-refractivity contribution in [3.8, 4) is 11.4 Å². The van der Waals surface area contributed by atoms with Crippen LogP contribution < -0.4 is 4.74 Å². The number of hydrogen-bond acceptors (Lipinski definition) is 4. The Kier molecular flexibility index (Phi) is 4.72. The third kappa shape index (κ3) is 3.16. The van der Waals surface area contributed by atoms with Crippen LogP contribution in [-0.4, -0.2) is 33.5 Å². The number of methoxy groups -OCH3 is 1. The smallest absolute Gasteiger partial charge is 0.313 e. The topological polar surface area (TPSA) is 64.4 Å². The van der Waals surface area contributed by atoms with Gasteiger partial charge < -0.3 is 9.84 Å². The van der Waals surface area contributed by atoms with Crippen LogP contribution in [0.15, 0.2) is 34.0 Å². The molecule has 0 atom stereocenters. The van der Waals surface area contributed by atoms with Crippen LogP contribution in [0.2, 0.25) is 0 Å². The van der Waals surface area contributed by atoms with Crippen molar-refractivity contribution in [3.05, 3.63) is 34.6 Å². The van der Waals surface area contributed by atoms with E-state index >= 15 is 0 Å². The summed E-state index contributed by atoms with van der Waals surface area (Å²) in [6.07, 6.45) is 1.72. The van der Waals surface area contributed by atoms with Gasteiger partial charge in [0.25, 0.3) is 0 Å². The molecule has 0 aliphatic carbocycles. The Morgan fingerprint density at radius 2 is 2.30 bits per heavy atom. The number of imidazole rings is 1. The number of aromatic nitrogens is 2. The zero-order valence-corrected chi connectivity index (χ0v) is 13.4. The maximum absolute atomic E-state index is 10.7. The Hall–Kier alpha value is -1.47. The molecule has 0 saturated heterocycles. The van der Waals surface area contributed by atoms with Crippen LogP contribution in [0.4, 0.5) is 0 Å². The number of benzene rings is 1. The van der Waals surface area contributed by atoms with Gasteiger partial charge in [-0.25, -0.2) is 4.98 Å². The summed E-state index contributed by atoms with van der Waals surface area (Å²) in [5, 5.41) is 9.43. The second kappa shape index (κ2) is 6.32. The van der Waals surface area contributed by atoms with Gasteiger partial charge in [0.15, 0.2) is 5.16 Å². The monoisotopic (exact) mass is 356 g/mol. The number of carboxylic acid groups (broad SMARTS) is 1. The average Bonchev–Trinajstić information content (AvgIpc) is 2.78. The van der Waals surface area contributed by atoms with Crippen molar-refractivity contribution in [2.45, 2.75) is 12.1 Å². The van der Waals surface area contributed by atoms with Crippen molar-refractivity contribution in [2.24, 2.45) is 0 Å². The summed E-state index contributed by atoms with van der Waals surface area (Å²) in [6, 6.07) is 5.62. The van der Waals surface area contributed by atoms with E-state index in [9.17, 15) is 4.79 Å². The van der Waals surface area contributed by atoms with Crippen molar-refractivity contribution in [1.29, 1.82) is 0 Å². The number of ether oxygens (including phenoxy) is 1. The van der Waals surface area contributed by atoms with E-state index in [0.29, 0.717) is 5.16 Å². The van der Waals surface area contributed by atoms with Crippen LogP contribution in [0.3, 0.4) is 0 Å². The van der Waals surface area contributed by atoms with Crippen molar-refractivity contribution in [1.82, 2.24) is 9.55 Å². The molecular weight excluding hydrogens is 344 g/mol. The molecule has 1 aromatic carbocycles. The molecule has 0 aliphatic rings. The van der Waals surface area contributed by atoms with E-state index < -0.39 is 5.97 Å². The molecule has 1 N–H and O–H groups in total. The van der Waals surface area contributed by atoms with Crippen molar-refractivity contribution in [2.75, 3.05) is 12.9 Å². The molecule has 0 amide bonds. The molecule has 1 heterocycles. The molecule has 0 unspecified atom stereocenters. The molecule has 0 fully saturated rings. The molecule has 0 saturated carbocycles. The Labute approximate surface area is 129 Å². The zero-order chi connectivity index (χ0) is 14.7. The van der Waals surface area contributed by atoms with E-state index in [4.69, 9.17) is 9.84 Å². The maximum atomic E-state index is 10.7. The number of hydrogen-bond donors (Lipinski definition) is 1. The van der Waals surface area contributed by atoms with Crippen molar-refractivity contribution in [3.63, 3.8) is 0 Å². The summed E-state index contributed by atoms with van der Waals surface area (Å²) < 4.78 is 8.02. The van der Waals surface area contributed by atoms with Crippen LogP contribution in [0.1, 0.15) is 5.69 Å². The van der Waals surface area contributed by atoms with E-state index in [-0.39, 0.29) is 5.75 Å². The van der Waals surface area contributed by atoms with Gasteiger partial charge >= 0.3 is 5.97 Å². The largest absolute Gasteiger partial charge is 0.497 e. The van der Waals surface area contributed by atoms with Crippen LogP contribution >= 0.6 is 27.7 Å². The van der Waals surface area contributed by atoms with Crippen LogP contribution in [0.25, 0.3) is 5.69 Å². The molecule has 0 spiro atoms. The van der Waals surface area contributed by atoms with E-state index in [0.717, 1.165) is 21.6 Å². The highest BCUT2D eigenvalue weighted by atomic mass is 79.9. The molecular formula is C13H13BrN2O3S. The van der Waals surface area contributed by atoms with Crippen molar-refractivity contribution < 1.29 is 14.6 Å². The number of aliphatic carboxylic acids is 1. The second-order valence-corrected chi connectivity index (χ2v) is 5.81. The fourth-order valence-corrected chi connectivity index (χ4v) is 2.90. The normalized spacial score (nSPS) is 10.6. The minimum Gasteiger partial charge on any atom is -0.497 e. The number of carboxylic acids is 1. The second-order valence-electron chi connectivity index (χ2n) is 4.02. The van der Waals surface area contributed by atoms with Gasteiger partial charge in [-0.1, -0.05) is 11.8 Å². The van der Waals surface area contributed by atoms with E-state index in [1.165, 1.54) is 11.8 Å². The Bertz CT molecular complexity index is 643. The third-order valence-electron chi connectivity index (χ3n) is 2.62. The van der Waals surface area contributed by atoms with Gasteiger partial charge in [0.2, 0.25) is 0 Å². The van der Waals surface area contributed by atoms with Gasteiger partial charge in [0, 0.05) is 22.4 Å². The minimum absolute atomic E-state index is 0.0297. The molecule has 20 heavy (non-hydrogen) atoms. The molecule has 0 radical (unpaired) electrons. The molecule has 106 valence electrons. The van der Waals surface area contributed by atoms with E-state index in [2.05, 4.69) is 20.9 Å².